The van der Waals surface area contributed by atoms with Gasteiger partial charge in [0, 0.05) is 28.3 Å². The van der Waals surface area contributed by atoms with Crippen LogP contribution in [0.2, 0.25) is 0 Å². The topological polar surface area (TPSA) is 65.5 Å². The Kier molecular flexibility index (Phi) is 6.34. The molecule has 0 bridgehead atoms. The molecule has 2 heterocycles. The molecular formula is C24H25N3O3S. The quantitative estimate of drug-likeness (QED) is 0.397. The Morgan fingerprint density at radius 3 is 2.48 bits per heavy atom. The highest BCUT2D eigenvalue weighted by Gasteiger charge is 2.13. The van der Waals surface area contributed by atoms with Crippen LogP contribution in [-0.2, 0) is 17.9 Å². The SMILES string of the molecule is COCc1ccccc1-c1ccc(CNc2nc(C)nc3cc(OC)c(OC)cc23)s1. The van der Waals surface area contributed by atoms with Crippen LogP contribution in [0.4, 0.5) is 5.82 Å². The molecule has 2 aromatic carbocycles. The van der Waals surface area contributed by atoms with Crippen molar-refractivity contribution in [1.29, 1.82) is 0 Å². The molecule has 0 saturated carbocycles. The van der Waals surface area contributed by atoms with Crippen molar-refractivity contribution in [3.63, 3.8) is 0 Å². The zero-order valence-electron chi connectivity index (χ0n) is 18.1. The number of nitrogens with zero attached hydrogens (tertiary/aromatic N) is 2. The third-order valence-corrected chi connectivity index (χ3v) is 6.11. The molecule has 4 rings (SSSR count). The van der Waals surface area contributed by atoms with Crippen LogP contribution in [0.1, 0.15) is 16.3 Å². The number of ether oxygens (including phenoxy) is 3. The highest BCUT2D eigenvalue weighted by Crippen LogP contribution is 2.35. The van der Waals surface area contributed by atoms with Crippen molar-refractivity contribution < 1.29 is 14.2 Å². The van der Waals surface area contributed by atoms with E-state index in [1.807, 2.05) is 25.1 Å². The lowest BCUT2D eigenvalue weighted by Gasteiger charge is -2.12. The van der Waals surface area contributed by atoms with Gasteiger partial charge in [-0.1, -0.05) is 24.3 Å². The first-order valence-electron chi connectivity index (χ1n) is 9.93. The summed E-state index contributed by atoms with van der Waals surface area (Å²) < 4.78 is 16.2. The number of rotatable bonds is 8. The fourth-order valence-corrected chi connectivity index (χ4v) is 4.55. The molecule has 31 heavy (non-hydrogen) atoms. The van der Waals surface area contributed by atoms with Crippen LogP contribution in [0.25, 0.3) is 21.3 Å². The van der Waals surface area contributed by atoms with Gasteiger partial charge >= 0.3 is 0 Å². The van der Waals surface area contributed by atoms with E-state index in [1.165, 1.54) is 20.9 Å². The van der Waals surface area contributed by atoms with Gasteiger partial charge in [0.2, 0.25) is 0 Å². The van der Waals surface area contributed by atoms with Crippen molar-refractivity contribution in [1.82, 2.24) is 9.97 Å². The molecule has 0 aliphatic rings. The number of methoxy groups -OCH3 is 3. The number of hydrogen-bond acceptors (Lipinski definition) is 7. The molecule has 1 N–H and O–H groups in total. The van der Waals surface area contributed by atoms with E-state index in [2.05, 4.69) is 45.6 Å². The van der Waals surface area contributed by atoms with Gasteiger partial charge in [-0.2, -0.15) is 0 Å². The van der Waals surface area contributed by atoms with Crippen LogP contribution < -0.4 is 14.8 Å². The van der Waals surface area contributed by atoms with Crippen LogP contribution >= 0.6 is 11.3 Å². The second-order valence-electron chi connectivity index (χ2n) is 7.05. The highest BCUT2D eigenvalue weighted by molar-refractivity contribution is 7.15. The third kappa shape index (κ3) is 4.47. The summed E-state index contributed by atoms with van der Waals surface area (Å²) in [6.45, 7) is 3.15. The standard InChI is InChI=1S/C24H25N3O3S/c1-15-26-20-12-22(30-4)21(29-3)11-19(20)24(27-15)25-13-17-9-10-23(31-17)18-8-6-5-7-16(18)14-28-2/h5-12H,13-14H2,1-4H3,(H,25,26,27). The summed E-state index contributed by atoms with van der Waals surface area (Å²) in [7, 11) is 4.97. The highest BCUT2D eigenvalue weighted by atomic mass is 32.1. The largest absolute Gasteiger partial charge is 0.493 e. The zero-order valence-corrected chi connectivity index (χ0v) is 18.9. The molecule has 0 aliphatic heterocycles. The van der Waals surface area contributed by atoms with Gasteiger partial charge in [-0.15, -0.1) is 11.3 Å². The monoisotopic (exact) mass is 435 g/mol. The lowest BCUT2D eigenvalue weighted by molar-refractivity contribution is 0.185. The van der Waals surface area contributed by atoms with Crippen LogP contribution in [0.15, 0.2) is 48.5 Å². The minimum Gasteiger partial charge on any atom is -0.493 e. The maximum Gasteiger partial charge on any atom is 0.162 e. The molecule has 0 radical (unpaired) electrons. The molecule has 0 spiro atoms. The fourth-order valence-electron chi connectivity index (χ4n) is 3.54. The van der Waals surface area contributed by atoms with Gasteiger partial charge in [-0.25, -0.2) is 9.97 Å². The Labute approximate surface area is 185 Å². The molecule has 6 nitrogen and oxygen atoms in total. The number of aromatic nitrogens is 2. The average molecular weight is 436 g/mol. The number of thiophene rings is 1. The number of benzene rings is 2. The van der Waals surface area contributed by atoms with Crippen molar-refractivity contribution in [3.8, 4) is 21.9 Å². The van der Waals surface area contributed by atoms with Crippen molar-refractivity contribution in [2.45, 2.75) is 20.1 Å². The van der Waals surface area contributed by atoms with E-state index in [0.717, 1.165) is 16.7 Å². The minimum absolute atomic E-state index is 0.596. The Morgan fingerprint density at radius 1 is 0.935 bits per heavy atom. The van der Waals surface area contributed by atoms with E-state index >= 15 is 0 Å². The number of hydrogen-bond donors (Lipinski definition) is 1. The van der Waals surface area contributed by atoms with Crippen molar-refractivity contribution in [2.24, 2.45) is 0 Å². The summed E-state index contributed by atoms with van der Waals surface area (Å²) >= 11 is 1.76. The molecule has 2 aromatic heterocycles. The fraction of sp³-hybridized carbons (Fsp3) is 0.250. The Balaban J connectivity index is 1.60. The normalized spacial score (nSPS) is 11.0. The summed E-state index contributed by atoms with van der Waals surface area (Å²) in [5.41, 5.74) is 3.21. The van der Waals surface area contributed by atoms with Gasteiger partial charge in [0.05, 0.1) is 32.9 Å². The Hall–Kier alpha value is -3.16. The molecular weight excluding hydrogens is 410 g/mol. The zero-order chi connectivity index (χ0) is 21.8. The van der Waals surface area contributed by atoms with Crippen LogP contribution in [0.5, 0.6) is 11.5 Å². The lowest BCUT2D eigenvalue weighted by Crippen LogP contribution is -2.04. The van der Waals surface area contributed by atoms with Crippen LogP contribution in [0, 0.1) is 6.92 Å². The molecule has 4 aromatic rings. The molecule has 0 aliphatic carbocycles. The first-order chi connectivity index (χ1) is 15.1. The van der Waals surface area contributed by atoms with Crippen molar-refractivity contribution in [2.75, 3.05) is 26.6 Å². The van der Waals surface area contributed by atoms with E-state index < -0.39 is 0 Å². The molecule has 0 saturated heterocycles. The van der Waals surface area contributed by atoms with Gasteiger partial charge in [-0.3, -0.25) is 0 Å². The average Bonchev–Trinajstić information content (AvgIpc) is 3.26. The lowest BCUT2D eigenvalue weighted by atomic mass is 10.1. The predicted molar refractivity (Wildman–Crippen MR) is 125 cm³/mol. The summed E-state index contributed by atoms with van der Waals surface area (Å²) in [5.74, 6) is 2.77. The van der Waals surface area contributed by atoms with Gasteiger partial charge in [0.25, 0.3) is 0 Å². The van der Waals surface area contributed by atoms with Gasteiger partial charge in [0.1, 0.15) is 11.6 Å². The maximum absolute atomic E-state index is 5.46. The van der Waals surface area contributed by atoms with Gasteiger partial charge in [-0.05, 0) is 36.2 Å². The second kappa shape index (κ2) is 9.32. The molecule has 160 valence electrons. The van der Waals surface area contributed by atoms with Crippen molar-refractivity contribution in [3.05, 3.63) is 64.8 Å². The van der Waals surface area contributed by atoms with Gasteiger partial charge in [0.15, 0.2) is 11.5 Å². The summed E-state index contributed by atoms with van der Waals surface area (Å²) in [5, 5.41) is 4.37. The minimum atomic E-state index is 0.596. The molecule has 7 heteroatoms. The van der Waals surface area contributed by atoms with E-state index in [9.17, 15) is 0 Å². The molecule has 0 amide bonds. The van der Waals surface area contributed by atoms with E-state index in [0.29, 0.717) is 30.5 Å². The third-order valence-electron chi connectivity index (χ3n) is 4.99. The van der Waals surface area contributed by atoms with E-state index in [4.69, 9.17) is 14.2 Å². The van der Waals surface area contributed by atoms with Crippen molar-refractivity contribution >= 4 is 28.1 Å². The Morgan fingerprint density at radius 2 is 1.71 bits per heavy atom. The summed E-state index contributed by atoms with van der Waals surface area (Å²) in [6.07, 6.45) is 0. The number of fused-ring (bicyclic) bond motifs is 1. The molecule has 0 fully saturated rings. The smallest absolute Gasteiger partial charge is 0.162 e. The first kappa shape index (κ1) is 21.1. The van der Waals surface area contributed by atoms with E-state index in [-0.39, 0.29) is 0 Å². The van der Waals surface area contributed by atoms with Gasteiger partial charge < -0.3 is 19.5 Å². The Bertz CT molecular complexity index is 1210. The summed E-state index contributed by atoms with van der Waals surface area (Å²) in [6, 6.07) is 16.4. The molecule has 0 unspecified atom stereocenters. The first-order valence-corrected chi connectivity index (χ1v) is 10.7. The predicted octanol–water partition coefficient (Wildman–Crippen LogP) is 5.44. The maximum atomic E-state index is 5.46. The van der Waals surface area contributed by atoms with Crippen LogP contribution in [0.3, 0.4) is 0 Å². The van der Waals surface area contributed by atoms with Crippen LogP contribution in [-0.4, -0.2) is 31.3 Å². The number of anilines is 1. The van der Waals surface area contributed by atoms with E-state index in [1.54, 1.807) is 32.7 Å². The number of nitrogens with one attached hydrogen (secondary N) is 1. The molecule has 0 atom stereocenters. The summed E-state index contributed by atoms with van der Waals surface area (Å²) in [4.78, 5) is 11.6. The number of aryl methyl sites for hydroxylation is 1. The second-order valence-corrected chi connectivity index (χ2v) is 8.22.